The van der Waals surface area contributed by atoms with Crippen molar-refractivity contribution in [3.63, 3.8) is 0 Å². The van der Waals surface area contributed by atoms with E-state index in [1.54, 1.807) is 7.11 Å². The summed E-state index contributed by atoms with van der Waals surface area (Å²) in [6, 6.07) is 16.1. The molecule has 2 rings (SSSR count). The smallest absolute Gasteiger partial charge is 0.120 e. The number of aryl methyl sites for hydroxylation is 1. The van der Waals surface area contributed by atoms with Crippen molar-refractivity contribution in [3.05, 3.63) is 54.1 Å². The Morgan fingerprint density at radius 2 is 1.81 bits per heavy atom. The van der Waals surface area contributed by atoms with Gasteiger partial charge >= 0.3 is 0 Å². The van der Waals surface area contributed by atoms with Crippen LogP contribution in [0.15, 0.2) is 48.5 Å². The molecular weight excluding hydrogens is 262 g/mol. The normalized spacial score (nSPS) is 11.8. The van der Waals surface area contributed by atoms with E-state index in [1.165, 1.54) is 5.56 Å². The highest BCUT2D eigenvalue weighted by Crippen LogP contribution is 2.18. The predicted octanol–water partition coefficient (Wildman–Crippen LogP) is 4.27. The van der Waals surface area contributed by atoms with Crippen LogP contribution in [0.25, 0.3) is 0 Å². The Hall–Kier alpha value is -2.16. The Bertz CT molecular complexity index is 569. The molecule has 0 bridgehead atoms. The van der Waals surface area contributed by atoms with E-state index in [-0.39, 0.29) is 6.10 Å². The van der Waals surface area contributed by atoms with Gasteiger partial charge in [0, 0.05) is 11.8 Å². The van der Waals surface area contributed by atoms with Gasteiger partial charge in [-0.1, -0.05) is 25.1 Å². The number of methoxy groups -OCH3 is 1. The van der Waals surface area contributed by atoms with E-state index in [2.05, 4.69) is 31.3 Å². The van der Waals surface area contributed by atoms with E-state index in [4.69, 9.17) is 9.47 Å². The highest BCUT2D eigenvalue weighted by atomic mass is 16.5. The van der Waals surface area contributed by atoms with Crippen LogP contribution >= 0.6 is 0 Å². The zero-order valence-corrected chi connectivity index (χ0v) is 12.9. The van der Waals surface area contributed by atoms with Crippen molar-refractivity contribution in [1.29, 1.82) is 0 Å². The third-order valence-corrected chi connectivity index (χ3v) is 3.35. The maximum Gasteiger partial charge on any atom is 0.120 e. The summed E-state index contributed by atoms with van der Waals surface area (Å²) in [6.07, 6.45) is 1.09. The molecule has 0 fully saturated rings. The quantitative estimate of drug-likeness (QED) is 0.824. The lowest BCUT2D eigenvalue weighted by atomic mass is 10.2. The van der Waals surface area contributed by atoms with Crippen LogP contribution in [0.4, 0.5) is 5.69 Å². The van der Waals surface area contributed by atoms with Crippen LogP contribution in [0.1, 0.15) is 18.9 Å². The van der Waals surface area contributed by atoms with E-state index in [0.29, 0.717) is 0 Å². The van der Waals surface area contributed by atoms with Crippen LogP contribution in [-0.4, -0.2) is 19.8 Å². The second-order valence-corrected chi connectivity index (χ2v) is 5.08. The molecule has 2 aromatic rings. The van der Waals surface area contributed by atoms with Crippen molar-refractivity contribution in [1.82, 2.24) is 0 Å². The van der Waals surface area contributed by atoms with Crippen LogP contribution in [-0.2, 0) is 0 Å². The predicted molar refractivity (Wildman–Crippen MR) is 87.4 cm³/mol. The van der Waals surface area contributed by atoms with Crippen molar-refractivity contribution in [2.45, 2.75) is 26.4 Å². The number of anilines is 1. The highest BCUT2D eigenvalue weighted by Gasteiger charge is 2.08. The third kappa shape index (κ3) is 4.71. The lowest BCUT2D eigenvalue weighted by Crippen LogP contribution is -2.25. The average Bonchev–Trinajstić information content (AvgIpc) is 2.51. The number of rotatable bonds is 7. The molecule has 1 atom stereocenters. The molecule has 0 aromatic heterocycles. The summed E-state index contributed by atoms with van der Waals surface area (Å²) in [7, 11) is 1.68. The molecule has 0 aliphatic rings. The van der Waals surface area contributed by atoms with Gasteiger partial charge in [0.2, 0.25) is 0 Å². The minimum Gasteiger partial charge on any atom is -0.497 e. The molecule has 2 aromatic carbocycles. The van der Waals surface area contributed by atoms with Gasteiger partial charge in [0.1, 0.15) is 17.6 Å². The Morgan fingerprint density at radius 3 is 2.52 bits per heavy atom. The second kappa shape index (κ2) is 7.58. The standard InChI is InChI=1S/C18H23NO2/c1-4-16(21-18-10-5-7-14(2)11-18)13-19-15-8-6-9-17(12-15)20-3/h5-12,16,19H,4,13H2,1-3H3. The van der Waals surface area contributed by atoms with Crippen molar-refractivity contribution >= 4 is 5.69 Å². The van der Waals surface area contributed by atoms with E-state index in [0.717, 1.165) is 30.2 Å². The largest absolute Gasteiger partial charge is 0.497 e. The Kier molecular flexibility index (Phi) is 5.50. The molecule has 1 unspecified atom stereocenters. The van der Waals surface area contributed by atoms with Crippen LogP contribution in [0.2, 0.25) is 0 Å². The van der Waals surface area contributed by atoms with E-state index in [1.807, 2.05) is 36.4 Å². The molecule has 0 radical (unpaired) electrons. The van der Waals surface area contributed by atoms with Crippen molar-refractivity contribution in [3.8, 4) is 11.5 Å². The summed E-state index contributed by atoms with van der Waals surface area (Å²) >= 11 is 0. The first-order chi connectivity index (χ1) is 10.2. The zero-order chi connectivity index (χ0) is 15.1. The molecule has 0 amide bonds. The highest BCUT2D eigenvalue weighted by molar-refractivity contribution is 5.48. The fraction of sp³-hybridized carbons (Fsp3) is 0.333. The van der Waals surface area contributed by atoms with Gasteiger partial charge in [-0.2, -0.15) is 0 Å². The number of benzene rings is 2. The number of hydrogen-bond donors (Lipinski definition) is 1. The number of hydrogen-bond acceptors (Lipinski definition) is 3. The van der Waals surface area contributed by atoms with Crippen molar-refractivity contribution in [2.75, 3.05) is 19.0 Å². The lowest BCUT2D eigenvalue weighted by Gasteiger charge is -2.19. The number of nitrogens with one attached hydrogen (secondary N) is 1. The van der Waals surface area contributed by atoms with E-state index in [9.17, 15) is 0 Å². The molecule has 0 saturated carbocycles. The first kappa shape index (κ1) is 15.2. The molecule has 21 heavy (non-hydrogen) atoms. The summed E-state index contributed by atoms with van der Waals surface area (Å²) < 4.78 is 11.3. The zero-order valence-electron chi connectivity index (χ0n) is 12.9. The van der Waals surface area contributed by atoms with Crippen molar-refractivity contribution in [2.24, 2.45) is 0 Å². The molecule has 0 saturated heterocycles. The van der Waals surface area contributed by atoms with Gasteiger partial charge in [0.05, 0.1) is 13.7 Å². The molecule has 0 aliphatic heterocycles. The van der Waals surface area contributed by atoms with Gasteiger partial charge in [0.15, 0.2) is 0 Å². The molecule has 1 N–H and O–H groups in total. The van der Waals surface area contributed by atoms with Gasteiger partial charge in [-0.05, 0) is 43.2 Å². The third-order valence-electron chi connectivity index (χ3n) is 3.35. The molecular formula is C18H23NO2. The monoisotopic (exact) mass is 285 g/mol. The molecule has 112 valence electrons. The van der Waals surface area contributed by atoms with E-state index >= 15 is 0 Å². The van der Waals surface area contributed by atoms with Crippen LogP contribution in [0, 0.1) is 6.92 Å². The maximum absolute atomic E-state index is 6.03. The minimum absolute atomic E-state index is 0.137. The summed E-state index contributed by atoms with van der Waals surface area (Å²) in [4.78, 5) is 0. The fourth-order valence-electron chi connectivity index (χ4n) is 2.12. The first-order valence-corrected chi connectivity index (χ1v) is 7.32. The van der Waals surface area contributed by atoms with E-state index < -0.39 is 0 Å². The van der Waals surface area contributed by atoms with Crippen molar-refractivity contribution < 1.29 is 9.47 Å². The van der Waals surface area contributed by atoms with Gasteiger partial charge < -0.3 is 14.8 Å². The van der Waals surface area contributed by atoms with Crippen LogP contribution in [0.5, 0.6) is 11.5 Å². The molecule has 3 nitrogen and oxygen atoms in total. The molecule has 3 heteroatoms. The Morgan fingerprint density at radius 1 is 1.05 bits per heavy atom. The number of ether oxygens (including phenoxy) is 2. The molecule has 0 heterocycles. The summed E-state index contributed by atoms with van der Waals surface area (Å²) in [5, 5.41) is 3.40. The minimum atomic E-state index is 0.137. The van der Waals surface area contributed by atoms with Gasteiger partial charge in [-0.15, -0.1) is 0 Å². The second-order valence-electron chi connectivity index (χ2n) is 5.08. The van der Waals surface area contributed by atoms with Gasteiger partial charge in [-0.25, -0.2) is 0 Å². The topological polar surface area (TPSA) is 30.5 Å². The molecule has 0 spiro atoms. The first-order valence-electron chi connectivity index (χ1n) is 7.32. The SMILES string of the molecule is CCC(CNc1cccc(OC)c1)Oc1cccc(C)c1. The molecule has 0 aliphatic carbocycles. The summed E-state index contributed by atoms with van der Waals surface area (Å²) in [5.41, 5.74) is 2.25. The Balaban J connectivity index is 1.93. The fourth-order valence-corrected chi connectivity index (χ4v) is 2.12. The van der Waals surface area contributed by atoms with Crippen LogP contribution < -0.4 is 14.8 Å². The Labute approximate surface area is 126 Å². The average molecular weight is 285 g/mol. The summed E-state index contributed by atoms with van der Waals surface area (Å²) in [5.74, 6) is 1.78. The maximum atomic E-state index is 6.03. The van der Waals surface area contributed by atoms with Gasteiger partial charge in [-0.3, -0.25) is 0 Å². The lowest BCUT2D eigenvalue weighted by molar-refractivity contribution is 0.210. The summed E-state index contributed by atoms with van der Waals surface area (Å²) in [6.45, 7) is 4.97. The van der Waals surface area contributed by atoms with Gasteiger partial charge in [0.25, 0.3) is 0 Å². The van der Waals surface area contributed by atoms with Crippen LogP contribution in [0.3, 0.4) is 0 Å².